The third kappa shape index (κ3) is 4.38. The highest BCUT2D eigenvalue weighted by Gasteiger charge is 2.23. The number of amides is 2. The molecule has 1 N–H and O–H groups in total. The van der Waals surface area contributed by atoms with Crippen molar-refractivity contribution in [2.75, 3.05) is 26.2 Å². The van der Waals surface area contributed by atoms with E-state index < -0.39 is 0 Å². The number of aryl methyl sites for hydroxylation is 1. The van der Waals surface area contributed by atoms with Gasteiger partial charge in [0.05, 0.1) is 18.5 Å². The van der Waals surface area contributed by atoms with Gasteiger partial charge in [0.2, 0.25) is 0 Å². The molecule has 1 fully saturated rings. The molecule has 2 amide bonds. The standard InChI is InChI=1S/C17H24N4O3/c1-13(10-15-4-3-9-23-15)18-17(22)21-7-5-20(6-8-21)12-16-11-14(2)19-24-16/h3-4,9,11,13H,5-8,10,12H2,1-2H3,(H,18,22)/t13-/m0/s1. The molecule has 0 bridgehead atoms. The second kappa shape index (κ2) is 7.53. The van der Waals surface area contributed by atoms with Gasteiger partial charge in [0, 0.05) is 44.7 Å². The molecule has 1 atom stereocenters. The lowest BCUT2D eigenvalue weighted by atomic mass is 10.2. The molecule has 0 saturated carbocycles. The van der Waals surface area contributed by atoms with Crippen LogP contribution in [0.25, 0.3) is 0 Å². The first-order chi connectivity index (χ1) is 11.6. The van der Waals surface area contributed by atoms with Gasteiger partial charge in [-0.1, -0.05) is 5.16 Å². The lowest BCUT2D eigenvalue weighted by molar-refractivity contribution is 0.126. The Morgan fingerprint density at radius 1 is 1.33 bits per heavy atom. The molecule has 7 nitrogen and oxygen atoms in total. The van der Waals surface area contributed by atoms with E-state index in [0.717, 1.165) is 36.8 Å². The molecule has 3 heterocycles. The summed E-state index contributed by atoms with van der Waals surface area (Å²) < 4.78 is 10.6. The molecule has 130 valence electrons. The normalized spacial score (nSPS) is 17.0. The number of hydrogen-bond acceptors (Lipinski definition) is 5. The minimum absolute atomic E-state index is 0.00999. The van der Waals surface area contributed by atoms with Crippen LogP contribution in [0.15, 0.2) is 33.4 Å². The number of furan rings is 1. The first kappa shape index (κ1) is 16.6. The van der Waals surface area contributed by atoms with Crippen LogP contribution >= 0.6 is 0 Å². The number of piperazine rings is 1. The number of carbonyl (C=O) groups is 1. The van der Waals surface area contributed by atoms with Crippen LogP contribution in [0.5, 0.6) is 0 Å². The highest BCUT2D eigenvalue weighted by Crippen LogP contribution is 2.10. The Bertz CT molecular complexity index is 645. The molecule has 7 heteroatoms. The fraction of sp³-hybridized carbons (Fsp3) is 0.529. The third-order valence-electron chi connectivity index (χ3n) is 4.17. The molecule has 2 aromatic heterocycles. The Morgan fingerprint density at radius 3 is 2.75 bits per heavy atom. The molecule has 1 aliphatic heterocycles. The minimum atomic E-state index is -0.00999. The maximum Gasteiger partial charge on any atom is 0.317 e. The van der Waals surface area contributed by atoms with Crippen LogP contribution in [-0.4, -0.2) is 53.2 Å². The fourth-order valence-electron chi connectivity index (χ4n) is 2.90. The van der Waals surface area contributed by atoms with Crippen LogP contribution in [0, 0.1) is 6.92 Å². The number of aromatic nitrogens is 1. The van der Waals surface area contributed by atoms with E-state index in [1.165, 1.54) is 0 Å². The van der Waals surface area contributed by atoms with Gasteiger partial charge in [0.15, 0.2) is 5.76 Å². The molecule has 2 aromatic rings. The number of nitrogens with zero attached hydrogens (tertiary/aromatic N) is 3. The van der Waals surface area contributed by atoms with Crippen LogP contribution in [0.2, 0.25) is 0 Å². The van der Waals surface area contributed by atoms with Crippen LogP contribution < -0.4 is 5.32 Å². The van der Waals surface area contributed by atoms with Gasteiger partial charge < -0.3 is 19.2 Å². The van der Waals surface area contributed by atoms with Gasteiger partial charge in [0.1, 0.15) is 5.76 Å². The number of nitrogens with one attached hydrogen (secondary N) is 1. The summed E-state index contributed by atoms with van der Waals surface area (Å²) in [5.74, 6) is 1.76. The van der Waals surface area contributed by atoms with Crippen molar-refractivity contribution in [1.29, 1.82) is 0 Å². The predicted molar refractivity (Wildman–Crippen MR) is 88.5 cm³/mol. The van der Waals surface area contributed by atoms with Crippen molar-refractivity contribution in [3.05, 3.63) is 41.7 Å². The highest BCUT2D eigenvalue weighted by atomic mass is 16.5. The largest absolute Gasteiger partial charge is 0.469 e. The lowest BCUT2D eigenvalue weighted by Crippen LogP contribution is -2.53. The zero-order chi connectivity index (χ0) is 16.9. The zero-order valence-corrected chi connectivity index (χ0v) is 14.2. The number of carbonyl (C=O) groups excluding carboxylic acids is 1. The maximum atomic E-state index is 12.3. The van der Waals surface area contributed by atoms with E-state index in [9.17, 15) is 4.79 Å². The van der Waals surface area contributed by atoms with Crippen LogP contribution in [0.3, 0.4) is 0 Å². The van der Waals surface area contributed by atoms with E-state index in [0.29, 0.717) is 19.5 Å². The predicted octanol–water partition coefficient (Wildman–Crippen LogP) is 2.03. The smallest absolute Gasteiger partial charge is 0.317 e. The van der Waals surface area contributed by atoms with Gasteiger partial charge >= 0.3 is 6.03 Å². The summed E-state index contributed by atoms with van der Waals surface area (Å²) in [6.45, 7) is 7.74. The van der Waals surface area contributed by atoms with E-state index in [2.05, 4.69) is 15.4 Å². The molecule has 0 aliphatic carbocycles. The van der Waals surface area contributed by atoms with Gasteiger partial charge in [0.25, 0.3) is 0 Å². The molecular weight excluding hydrogens is 308 g/mol. The maximum absolute atomic E-state index is 12.3. The molecule has 0 radical (unpaired) electrons. The first-order valence-electron chi connectivity index (χ1n) is 8.32. The van der Waals surface area contributed by atoms with Crippen molar-refractivity contribution in [2.45, 2.75) is 32.9 Å². The molecule has 3 rings (SSSR count). The molecule has 24 heavy (non-hydrogen) atoms. The average Bonchev–Trinajstić information content (AvgIpc) is 3.20. The molecule has 0 unspecified atom stereocenters. The van der Waals surface area contributed by atoms with Crippen molar-refractivity contribution in [1.82, 2.24) is 20.3 Å². The third-order valence-corrected chi connectivity index (χ3v) is 4.17. The lowest BCUT2D eigenvalue weighted by Gasteiger charge is -2.34. The van der Waals surface area contributed by atoms with Crippen molar-refractivity contribution in [2.24, 2.45) is 0 Å². The summed E-state index contributed by atoms with van der Waals surface area (Å²) in [7, 11) is 0. The van der Waals surface area contributed by atoms with E-state index >= 15 is 0 Å². The van der Waals surface area contributed by atoms with Crippen molar-refractivity contribution < 1.29 is 13.7 Å². The van der Waals surface area contributed by atoms with Crippen molar-refractivity contribution in [3.63, 3.8) is 0 Å². The van der Waals surface area contributed by atoms with Gasteiger partial charge in [-0.3, -0.25) is 4.90 Å². The summed E-state index contributed by atoms with van der Waals surface area (Å²) in [6, 6.07) is 5.77. The van der Waals surface area contributed by atoms with Crippen molar-refractivity contribution >= 4 is 6.03 Å². The second-order valence-electron chi connectivity index (χ2n) is 6.33. The van der Waals surface area contributed by atoms with Gasteiger partial charge in [-0.25, -0.2) is 4.79 Å². The Kier molecular flexibility index (Phi) is 5.20. The molecule has 1 aliphatic rings. The van der Waals surface area contributed by atoms with Gasteiger partial charge in [-0.05, 0) is 26.0 Å². The summed E-state index contributed by atoms with van der Waals surface area (Å²) in [6.07, 6.45) is 2.35. The molecule has 1 saturated heterocycles. The molecule has 0 spiro atoms. The summed E-state index contributed by atoms with van der Waals surface area (Å²) in [4.78, 5) is 16.5. The fourth-order valence-corrected chi connectivity index (χ4v) is 2.90. The summed E-state index contributed by atoms with van der Waals surface area (Å²) in [5.41, 5.74) is 0.897. The van der Waals surface area contributed by atoms with Crippen LogP contribution in [0.1, 0.15) is 24.1 Å². The Morgan fingerprint density at radius 2 is 2.12 bits per heavy atom. The first-order valence-corrected chi connectivity index (χ1v) is 8.32. The Hall–Kier alpha value is -2.28. The Balaban J connectivity index is 1.41. The monoisotopic (exact) mass is 332 g/mol. The molecular formula is C17H24N4O3. The number of rotatable bonds is 5. The van der Waals surface area contributed by atoms with E-state index in [1.807, 2.05) is 36.9 Å². The molecule has 0 aromatic carbocycles. The van der Waals surface area contributed by atoms with Gasteiger partial charge in [-0.15, -0.1) is 0 Å². The van der Waals surface area contributed by atoms with Gasteiger partial charge in [-0.2, -0.15) is 0 Å². The zero-order valence-electron chi connectivity index (χ0n) is 14.2. The topological polar surface area (TPSA) is 74.8 Å². The second-order valence-corrected chi connectivity index (χ2v) is 6.33. The van der Waals surface area contributed by atoms with Crippen LogP contribution in [0.4, 0.5) is 4.79 Å². The summed E-state index contributed by atoms with van der Waals surface area (Å²) >= 11 is 0. The van der Waals surface area contributed by atoms with E-state index in [4.69, 9.17) is 8.94 Å². The highest BCUT2D eigenvalue weighted by molar-refractivity contribution is 5.74. The quantitative estimate of drug-likeness (QED) is 0.907. The summed E-state index contributed by atoms with van der Waals surface area (Å²) in [5, 5.41) is 6.94. The average molecular weight is 332 g/mol. The van der Waals surface area contributed by atoms with Crippen molar-refractivity contribution in [3.8, 4) is 0 Å². The van der Waals surface area contributed by atoms with E-state index in [1.54, 1.807) is 6.26 Å². The SMILES string of the molecule is Cc1cc(CN2CCN(C(=O)N[C@@H](C)Cc3ccco3)CC2)on1. The Labute approximate surface area is 141 Å². The van der Waals surface area contributed by atoms with Crippen LogP contribution in [-0.2, 0) is 13.0 Å². The minimum Gasteiger partial charge on any atom is -0.469 e. The number of urea groups is 1. The van der Waals surface area contributed by atoms with E-state index in [-0.39, 0.29) is 12.1 Å². The number of hydrogen-bond donors (Lipinski definition) is 1.